The molecule has 1 unspecified atom stereocenters. The number of nitrogens with zero attached hydrogens (tertiary/aromatic N) is 1. The summed E-state index contributed by atoms with van der Waals surface area (Å²) in [5.41, 5.74) is 2.15. The Morgan fingerprint density at radius 3 is 2.32 bits per heavy atom. The van der Waals surface area contributed by atoms with Crippen LogP contribution < -0.4 is 9.44 Å². The summed E-state index contributed by atoms with van der Waals surface area (Å²) in [6.45, 7) is 4.85. The molecule has 0 saturated heterocycles. The normalized spacial score (nSPS) is 17.4. The lowest BCUT2D eigenvalue weighted by molar-refractivity contribution is 0.295. The van der Waals surface area contributed by atoms with Crippen LogP contribution in [0.25, 0.3) is 0 Å². The summed E-state index contributed by atoms with van der Waals surface area (Å²) in [5, 5.41) is 1.19. The average Bonchev–Trinajstić information content (AvgIpc) is 2.72. The molecule has 188 valence electrons. The monoisotopic (exact) mass is 549 g/mol. The molecule has 0 aromatic heterocycles. The maximum Gasteiger partial charge on any atom is 0.327 e. The Morgan fingerprint density at radius 1 is 1.15 bits per heavy atom. The molecular weight excluding hydrogens is 520 g/mol. The molecule has 8 nitrogen and oxygen atoms in total. The molecule has 0 aliphatic carbocycles. The van der Waals surface area contributed by atoms with Crippen molar-refractivity contribution in [1.29, 1.82) is 0 Å². The number of hydrogen-bond donors (Lipinski definition) is 4. The highest BCUT2D eigenvalue weighted by molar-refractivity contribution is 7.90. The molecule has 2 aromatic rings. The number of benzene rings is 2. The van der Waals surface area contributed by atoms with Crippen LogP contribution in [0.15, 0.2) is 36.4 Å². The van der Waals surface area contributed by atoms with Crippen molar-refractivity contribution in [1.82, 2.24) is 9.62 Å². The summed E-state index contributed by atoms with van der Waals surface area (Å²) >= 11 is 12.7. The molecule has 3 rings (SSSR count). The van der Waals surface area contributed by atoms with Gasteiger partial charge in [0.1, 0.15) is 0 Å². The largest absolute Gasteiger partial charge is 0.327 e. The molecule has 4 N–H and O–H groups in total. The predicted octanol–water partition coefficient (Wildman–Crippen LogP) is 4.55. The van der Waals surface area contributed by atoms with E-state index < -0.39 is 29.5 Å². The first-order valence-electron chi connectivity index (χ1n) is 10.9. The highest BCUT2D eigenvalue weighted by Crippen LogP contribution is 2.41. The van der Waals surface area contributed by atoms with E-state index in [0.717, 1.165) is 29.8 Å². The van der Waals surface area contributed by atoms with Crippen molar-refractivity contribution in [2.24, 2.45) is 0 Å². The Morgan fingerprint density at radius 2 is 1.76 bits per heavy atom. The van der Waals surface area contributed by atoms with Gasteiger partial charge in [0.25, 0.3) is 10.2 Å². The van der Waals surface area contributed by atoms with Crippen molar-refractivity contribution in [2.75, 3.05) is 24.5 Å². The number of fused-ring (bicyclic) bond motifs is 1. The van der Waals surface area contributed by atoms with Crippen molar-refractivity contribution in [2.45, 2.75) is 44.7 Å². The standard InChI is InChI=1S/C22H30Cl2N3O5PS/c1-4-22(5-2,14-33(28,29)30)26-34(31,32)25-17-8-6-15(7-9-17)19-12-27(3)13-20-18(19)10-16(23)11-21(20)24/h6-11,19,25-26H,4-5,12-14H2,1-3H3,(H2,28,29,30). The van der Waals surface area contributed by atoms with Crippen molar-refractivity contribution < 1.29 is 22.8 Å². The van der Waals surface area contributed by atoms with Gasteiger partial charge in [-0.3, -0.25) is 9.29 Å². The van der Waals surface area contributed by atoms with E-state index >= 15 is 0 Å². The van der Waals surface area contributed by atoms with Gasteiger partial charge in [-0.2, -0.15) is 13.1 Å². The van der Waals surface area contributed by atoms with Gasteiger partial charge in [0, 0.05) is 40.3 Å². The van der Waals surface area contributed by atoms with Crippen LogP contribution in [0, 0.1) is 0 Å². The van der Waals surface area contributed by atoms with Crippen LogP contribution >= 0.6 is 30.8 Å². The van der Waals surface area contributed by atoms with E-state index in [0.29, 0.717) is 15.7 Å². The number of halogens is 2. The van der Waals surface area contributed by atoms with Gasteiger partial charge in [-0.1, -0.05) is 49.2 Å². The molecule has 0 radical (unpaired) electrons. The third-order valence-corrected chi connectivity index (χ3v) is 9.05. The predicted molar refractivity (Wildman–Crippen MR) is 137 cm³/mol. The van der Waals surface area contributed by atoms with Gasteiger partial charge in [-0.25, -0.2) is 0 Å². The molecule has 12 heteroatoms. The molecule has 1 heterocycles. The summed E-state index contributed by atoms with van der Waals surface area (Å²) in [4.78, 5) is 21.0. The lowest BCUT2D eigenvalue weighted by atomic mass is 9.85. The molecule has 1 aliphatic rings. The van der Waals surface area contributed by atoms with Gasteiger partial charge in [-0.05, 0) is 60.8 Å². The lowest BCUT2D eigenvalue weighted by Gasteiger charge is -2.33. The topological polar surface area (TPSA) is 119 Å². The van der Waals surface area contributed by atoms with Gasteiger partial charge in [0.2, 0.25) is 0 Å². The molecule has 0 saturated carbocycles. The molecule has 34 heavy (non-hydrogen) atoms. The molecule has 1 atom stereocenters. The van der Waals surface area contributed by atoms with Crippen LogP contribution in [0.4, 0.5) is 5.69 Å². The third kappa shape index (κ3) is 6.74. The van der Waals surface area contributed by atoms with Gasteiger partial charge in [0.15, 0.2) is 0 Å². The van der Waals surface area contributed by atoms with Crippen LogP contribution in [0.3, 0.4) is 0 Å². The fourth-order valence-electron chi connectivity index (χ4n) is 4.42. The summed E-state index contributed by atoms with van der Waals surface area (Å²) in [6.07, 6.45) is -0.116. The second kappa shape index (κ2) is 10.4. The first-order chi connectivity index (χ1) is 15.8. The van der Waals surface area contributed by atoms with E-state index in [1.807, 2.05) is 25.2 Å². The highest BCUT2D eigenvalue weighted by atomic mass is 35.5. The Labute approximate surface area is 211 Å². The first kappa shape index (κ1) is 27.4. The van der Waals surface area contributed by atoms with Gasteiger partial charge in [0.05, 0.1) is 6.16 Å². The lowest BCUT2D eigenvalue weighted by Crippen LogP contribution is -2.52. The minimum absolute atomic E-state index is 0.0183. The Kier molecular flexibility index (Phi) is 8.43. The zero-order valence-electron chi connectivity index (χ0n) is 19.3. The molecule has 0 fully saturated rings. The van der Waals surface area contributed by atoms with E-state index in [2.05, 4.69) is 14.3 Å². The third-order valence-electron chi connectivity index (χ3n) is 6.27. The summed E-state index contributed by atoms with van der Waals surface area (Å²) in [5.74, 6) is 0.0183. The van der Waals surface area contributed by atoms with E-state index in [1.165, 1.54) is 0 Å². The van der Waals surface area contributed by atoms with Gasteiger partial charge >= 0.3 is 7.60 Å². The second-order valence-electron chi connectivity index (χ2n) is 8.84. The Bertz CT molecular complexity index is 1180. The molecule has 1 aliphatic heterocycles. The number of likely N-dealkylation sites (N-methyl/N-ethyl adjacent to an activating group) is 1. The zero-order valence-corrected chi connectivity index (χ0v) is 22.5. The second-order valence-corrected chi connectivity index (χ2v) is 12.7. The fourth-order valence-corrected chi connectivity index (χ4v) is 7.84. The highest BCUT2D eigenvalue weighted by Gasteiger charge is 2.37. The van der Waals surface area contributed by atoms with Crippen molar-refractivity contribution >= 4 is 46.7 Å². The minimum Gasteiger partial charge on any atom is -0.324 e. The van der Waals surface area contributed by atoms with Crippen LogP contribution in [0.1, 0.15) is 49.3 Å². The quantitative estimate of drug-likeness (QED) is 0.340. The average molecular weight is 550 g/mol. The number of rotatable bonds is 9. The zero-order chi connectivity index (χ0) is 25.3. The van der Waals surface area contributed by atoms with Crippen LogP contribution in [0.5, 0.6) is 0 Å². The van der Waals surface area contributed by atoms with E-state index in [-0.39, 0.29) is 18.8 Å². The Balaban J connectivity index is 1.82. The SMILES string of the molecule is CCC(CC)(CP(=O)(O)O)NS(=O)(=O)Nc1ccc(C2CN(C)Cc3c(Cl)cc(Cl)cc32)cc1. The minimum atomic E-state index is -4.43. The summed E-state index contributed by atoms with van der Waals surface area (Å²) in [7, 11) is -6.50. The van der Waals surface area contributed by atoms with E-state index in [9.17, 15) is 22.8 Å². The molecule has 0 amide bonds. The number of hydrogen-bond acceptors (Lipinski definition) is 4. The smallest absolute Gasteiger partial charge is 0.324 e. The molecule has 0 spiro atoms. The maximum absolute atomic E-state index is 12.8. The van der Waals surface area contributed by atoms with Crippen LogP contribution in [-0.4, -0.2) is 48.4 Å². The molecule has 2 aromatic carbocycles. The van der Waals surface area contributed by atoms with Gasteiger partial charge in [-0.15, -0.1) is 0 Å². The van der Waals surface area contributed by atoms with E-state index in [1.54, 1.807) is 32.0 Å². The van der Waals surface area contributed by atoms with Crippen molar-refractivity contribution in [3.05, 3.63) is 63.1 Å². The van der Waals surface area contributed by atoms with E-state index in [4.69, 9.17) is 23.2 Å². The van der Waals surface area contributed by atoms with Crippen LogP contribution in [-0.2, 0) is 21.3 Å². The van der Waals surface area contributed by atoms with Gasteiger partial charge < -0.3 is 14.7 Å². The van der Waals surface area contributed by atoms with Crippen molar-refractivity contribution in [3.8, 4) is 0 Å². The fraction of sp³-hybridized carbons (Fsp3) is 0.455. The maximum atomic E-state index is 12.8. The molecular formula is C22H30Cl2N3O5PS. The van der Waals surface area contributed by atoms with Crippen LogP contribution in [0.2, 0.25) is 10.0 Å². The summed E-state index contributed by atoms with van der Waals surface area (Å²) in [6, 6.07) is 10.7. The summed E-state index contributed by atoms with van der Waals surface area (Å²) < 4.78 is 42.0. The van der Waals surface area contributed by atoms with Crippen molar-refractivity contribution in [3.63, 3.8) is 0 Å². The Hall–Kier alpha value is -1.16. The first-order valence-corrected chi connectivity index (χ1v) is 14.9. The number of nitrogens with one attached hydrogen (secondary N) is 2. The number of anilines is 1. The molecule has 0 bridgehead atoms.